The zero-order valence-electron chi connectivity index (χ0n) is 14.6. The number of allylic oxidation sites excluding steroid dienone is 5. The molecule has 134 valence electrons. The van der Waals surface area contributed by atoms with Gasteiger partial charge in [0.15, 0.2) is 5.84 Å². The van der Waals surface area contributed by atoms with Gasteiger partial charge in [-0.15, -0.1) is 5.11 Å². The van der Waals surface area contributed by atoms with Crippen LogP contribution in [0.3, 0.4) is 0 Å². The maximum absolute atomic E-state index is 7.82. The van der Waals surface area contributed by atoms with Crippen molar-refractivity contribution >= 4 is 5.84 Å². The Morgan fingerprint density at radius 2 is 2.15 bits per heavy atom. The Morgan fingerprint density at radius 1 is 1.31 bits per heavy atom. The quantitative estimate of drug-likeness (QED) is 0.238. The number of nitrogens with two attached hydrogens (primary N) is 1. The summed E-state index contributed by atoms with van der Waals surface area (Å²) in [6, 6.07) is 9.83. The molecule has 0 amide bonds. The minimum atomic E-state index is 0.0885. The Kier molecular flexibility index (Phi) is 5.98. The normalized spacial score (nSPS) is 19.5. The zero-order chi connectivity index (χ0) is 18.2. The van der Waals surface area contributed by atoms with E-state index >= 15 is 0 Å². The first-order valence-electron chi connectivity index (χ1n) is 8.69. The summed E-state index contributed by atoms with van der Waals surface area (Å²) in [6.07, 6.45) is 12.8. The smallest absolute Gasteiger partial charge is 0.175 e. The third kappa shape index (κ3) is 4.92. The van der Waals surface area contributed by atoms with Crippen molar-refractivity contribution in [3.63, 3.8) is 0 Å². The maximum Gasteiger partial charge on any atom is 0.175 e. The second-order valence-electron chi connectivity index (χ2n) is 6.21. The van der Waals surface area contributed by atoms with Gasteiger partial charge in [0.25, 0.3) is 0 Å². The topological polar surface area (TPSA) is 95.9 Å². The minimum Gasteiger partial charge on any atom is -0.462 e. The number of ether oxygens (including phenoxy) is 1. The molecular weight excluding hydrogens is 326 g/mol. The predicted molar refractivity (Wildman–Crippen MR) is 103 cm³/mol. The van der Waals surface area contributed by atoms with Gasteiger partial charge in [0.1, 0.15) is 11.5 Å². The van der Waals surface area contributed by atoms with Gasteiger partial charge in [0, 0.05) is 30.2 Å². The van der Waals surface area contributed by atoms with E-state index in [0.717, 1.165) is 48.6 Å². The fraction of sp³-hybridized carbons (Fsp3) is 0.250. The summed E-state index contributed by atoms with van der Waals surface area (Å²) in [4.78, 5) is 0. The van der Waals surface area contributed by atoms with Gasteiger partial charge in [-0.1, -0.05) is 41.7 Å². The molecule has 0 saturated carbocycles. The zero-order valence-corrected chi connectivity index (χ0v) is 14.6. The second kappa shape index (κ2) is 8.80. The number of nitrogens with zero attached hydrogens (tertiary/aromatic N) is 2. The van der Waals surface area contributed by atoms with E-state index in [1.807, 2.05) is 54.6 Å². The highest BCUT2D eigenvalue weighted by Gasteiger charge is 2.15. The molecule has 0 aromatic heterocycles. The number of nitrogens with one attached hydrogen (secondary N) is 2. The molecule has 6 heteroatoms. The van der Waals surface area contributed by atoms with Crippen LogP contribution >= 0.6 is 0 Å². The molecular formula is C20H23N5O. The van der Waals surface area contributed by atoms with Crippen LogP contribution in [-0.4, -0.2) is 12.4 Å². The molecule has 0 saturated heterocycles. The summed E-state index contributed by atoms with van der Waals surface area (Å²) in [5.41, 5.74) is 1.85. The molecule has 0 bridgehead atoms. The van der Waals surface area contributed by atoms with E-state index in [1.165, 1.54) is 0 Å². The molecule has 0 fully saturated rings. The predicted octanol–water partition coefficient (Wildman–Crippen LogP) is 4.02. The van der Waals surface area contributed by atoms with E-state index in [-0.39, 0.29) is 5.84 Å². The summed E-state index contributed by atoms with van der Waals surface area (Å²) in [7, 11) is 0. The molecule has 26 heavy (non-hydrogen) atoms. The van der Waals surface area contributed by atoms with Crippen molar-refractivity contribution in [2.24, 2.45) is 22.1 Å². The van der Waals surface area contributed by atoms with Crippen LogP contribution in [0.1, 0.15) is 19.3 Å². The monoisotopic (exact) mass is 349 g/mol. The van der Waals surface area contributed by atoms with Crippen LogP contribution in [0.5, 0.6) is 5.75 Å². The van der Waals surface area contributed by atoms with Crippen LogP contribution in [0.25, 0.3) is 0 Å². The molecule has 4 N–H and O–H groups in total. The molecule has 6 nitrogen and oxygen atoms in total. The summed E-state index contributed by atoms with van der Waals surface area (Å²) in [6.45, 7) is 0.816. The first-order chi connectivity index (χ1) is 12.7. The standard InChI is InChI=1S/C20H23N5O/c21-20(24-25-22)16-7-5-8-17(13-16)23-14-15-6-4-11-19(12-15)26-18-9-2-1-3-10-18/h1-4,6-7,9-11,13,15,23H,5,8,12,14H2,(H3,21,22,24). The van der Waals surface area contributed by atoms with E-state index in [1.54, 1.807) is 0 Å². The van der Waals surface area contributed by atoms with Crippen molar-refractivity contribution < 1.29 is 4.74 Å². The lowest BCUT2D eigenvalue weighted by Crippen LogP contribution is -2.24. The second-order valence-corrected chi connectivity index (χ2v) is 6.21. The van der Waals surface area contributed by atoms with E-state index in [0.29, 0.717) is 5.92 Å². The maximum atomic E-state index is 7.82. The van der Waals surface area contributed by atoms with Crippen molar-refractivity contribution in [2.45, 2.75) is 19.3 Å². The molecule has 0 spiro atoms. The largest absolute Gasteiger partial charge is 0.462 e. The molecule has 1 aromatic rings. The van der Waals surface area contributed by atoms with Crippen LogP contribution in [0, 0.1) is 11.3 Å². The van der Waals surface area contributed by atoms with E-state index < -0.39 is 0 Å². The molecule has 1 unspecified atom stereocenters. The summed E-state index contributed by atoms with van der Waals surface area (Å²) >= 11 is 0. The van der Waals surface area contributed by atoms with Gasteiger partial charge in [-0.3, -0.25) is 5.41 Å². The Labute approximate surface area is 153 Å². The van der Waals surface area contributed by atoms with Gasteiger partial charge in [0.05, 0.1) is 0 Å². The number of hydrogen-bond acceptors (Lipinski definition) is 4. The molecule has 2 aliphatic rings. The average Bonchev–Trinajstić information content (AvgIpc) is 2.68. The van der Waals surface area contributed by atoms with E-state index in [4.69, 9.17) is 16.0 Å². The van der Waals surface area contributed by atoms with Crippen molar-refractivity contribution in [1.29, 1.82) is 5.41 Å². The Hall–Kier alpha value is -3.15. The lowest BCUT2D eigenvalue weighted by molar-refractivity contribution is 0.376. The van der Waals surface area contributed by atoms with Crippen LogP contribution < -0.4 is 15.9 Å². The Bertz CT molecular complexity index is 790. The van der Waals surface area contributed by atoms with Gasteiger partial charge in [-0.2, -0.15) is 0 Å². The van der Waals surface area contributed by atoms with Crippen LogP contribution in [0.2, 0.25) is 0 Å². The Balaban J connectivity index is 1.52. The Morgan fingerprint density at radius 3 is 2.96 bits per heavy atom. The first-order valence-corrected chi connectivity index (χ1v) is 8.69. The molecule has 0 heterocycles. The van der Waals surface area contributed by atoms with Crippen LogP contribution in [-0.2, 0) is 0 Å². The number of para-hydroxylation sites is 1. The average molecular weight is 349 g/mol. The van der Waals surface area contributed by atoms with Gasteiger partial charge >= 0.3 is 0 Å². The molecule has 2 aliphatic carbocycles. The lowest BCUT2D eigenvalue weighted by atomic mass is 9.98. The highest BCUT2D eigenvalue weighted by molar-refractivity contribution is 5.99. The number of rotatable bonds is 6. The highest BCUT2D eigenvalue weighted by atomic mass is 16.5. The summed E-state index contributed by atoms with van der Waals surface area (Å²) < 4.78 is 5.95. The van der Waals surface area contributed by atoms with Crippen molar-refractivity contribution in [3.8, 4) is 5.75 Å². The van der Waals surface area contributed by atoms with E-state index in [2.05, 4.69) is 21.7 Å². The SMILES string of the molecule is N=C(N=NN)C1=CCCC(NCC2C=CC=C(Oc3ccccc3)C2)=C1. The molecule has 3 rings (SSSR count). The summed E-state index contributed by atoms with van der Waals surface area (Å²) in [5, 5.41) is 18.1. The first kappa shape index (κ1) is 17.7. The third-order valence-corrected chi connectivity index (χ3v) is 4.25. The number of hydrogen-bond donors (Lipinski definition) is 3. The third-order valence-electron chi connectivity index (χ3n) is 4.25. The van der Waals surface area contributed by atoms with Crippen LogP contribution in [0.4, 0.5) is 0 Å². The van der Waals surface area contributed by atoms with Gasteiger partial charge in [-0.25, -0.2) is 0 Å². The molecule has 0 radical (unpaired) electrons. The lowest BCUT2D eigenvalue weighted by Gasteiger charge is -2.22. The van der Waals surface area contributed by atoms with Crippen molar-refractivity contribution in [2.75, 3.05) is 6.54 Å². The van der Waals surface area contributed by atoms with E-state index in [9.17, 15) is 0 Å². The van der Waals surface area contributed by atoms with Gasteiger partial charge in [0.2, 0.25) is 0 Å². The fourth-order valence-corrected chi connectivity index (χ4v) is 2.95. The molecule has 1 aromatic carbocycles. The molecule has 0 aliphatic heterocycles. The van der Waals surface area contributed by atoms with Gasteiger partial charge < -0.3 is 15.9 Å². The van der Waals surface area contributed by atoms with Gasteiger partial charge in [-0.05, 0) is 37.1 Å². The fourth-order valence-electron chi connectivity index (χ4n) is 2.95. The van der Waals surface area contributed by atoms with Crippen LogP contribution in [0.15, 0.2) is 88.1 Å². The molecule has 1 atom stereocenters. The highest BCUT2D eigenvalue weighted by Crippen LogP contribution is 2.23. The van der Waals surface area contributed by atoms with Crippen molar-refractivity contribution in [1.82, 2.24) is 5.32 Å². The number of amidine groups is 1. The minimum absolute atomic E-state index is 0.0885. The van der Waals surface area contributed by atoms with Crippen molar-refractivity contribution in [3.05, 3.63) is 77.7 Å². The summed E-state index contributed by atoms with van der Waals surface area (Å²) in [5.74, 6) is 7.30. The number of benzene rings is 1.